The van der Waals surface area contributed by atoms with Gasteiger partial charge in [-0.05, 0) is 18.4 Å². The SMILES string of the molecule is CC(=O)N1C[C@H](O)C[C@@H]1C(=O)NCC1(c2ccccc2)CCOCC1. The molecule has 2 heterocycles. The van der Waals surface area contributed by atoms with E-state index < -0.39 is 12.1 Å². The number of aliphatic hydroxyl groups excluding tert-OH is 1. The van der Waals surface area contributed by atoms with Crippen molar-refractivity contribution in [3.63, 3.8) is 0 Å². The van der Waals surface area contributed by atoms with Crippen LogP contribution >= 0.6 is 0 Å². The number of likely N-dealkylation sites (tertiary alicyclic amines) is 1. The molecule has 0 bridgehead atoms. The minimum atomic E-state index is -0.634. The number of nitrogens with zero attached hydrogens (tertiary/aromatic N) is 1. The minimum absolute atomic E-state index is 0.145. The third-order valence-electron chi connectivity index (χ3n) is 5.42. The maximum absolute atomic E-state index is 12.7. The van der Waals surface area contributed by atoms with Crippen LogP contribution in [0.4, 0.5) is 0 Å². The van der Waals surface area contributed by atoms with Gasteiger partial charge in [0.15, 0.2) is 0 Å². The summed E-state index contributed by atoms with van der Waals surface area (Å²) < 4.78 is 5.52. The van der Waals surface area contributed by atoms with Gasteiger partial charge in [-0.3, -0.25) is 9.59 Å². The predicted octanol–water partition coefficient (Wildman–Crippen LogP) is 0.833. The fraction of sp³-hybridized carbons (Fsp3) is 0.579. The Morgan fingerprint density at radius 2 is 1.96 bits per heavy atom. The van der Waals surface area contributed by atoms with Crippen LogP contribution < -0.4 is 5.32 Å². The van der Waals surface area contributed by atoms with Crippen LogP contribution in [0, 0.1) is 0 Å². The summed E-state index contributed by atoms with van der Waals surface area (Å²) in [6, 6.07) is 9.62. The lowest BCUT2D eigenvalue weighted by molar-refractivity contribution is -0.137. The minimum Gasteiger partial charge on any atom is -0.391 e. The Bertz CT molecular complexity index is 613. The Balaban J connectivity index is 1.71. The molecule has 0 saturated carbocycles. The van der Waals surface area contributed by atoms with Crippen molar-refractivity contribution in [3.05, 3.63) is 35.9 Å². The molecule has 2 fully saturated rings. The first-order valence-electron chi connectivity index (χ1n) is 8.88. The van der Waals surface area contributed by atoms with E-state index in [9.17, 15) is 14.7 Å². The average Bonchev–Trinajstić information content (AvgIpc) is 3.03. The van der Waals surface area contributed by atoms with Crippen LogP contribution in [0.2, 0.25) is 0 Å². The average molecular weight is 346 g/mol. The lowest BCUT2D eigenvalue weighted by Crippen LogP contribution is -2.50. The van der Waals surface area contributed by atoms with E-state index in [1.807, 2.05) is 18.2 Å². The number of nitrogens with one attached hydrogen (secondary N) is 1. The lowest BCUT2D eigenvalue weighted by Gasteiger charge is -2.38. The Morgan fingerprint density at radius 1 is 1.28 bits per heavy atom. The molecule has 0 aliphatic carbocycles. The summed E-state index contributed by atoms with van der Waals surface area (Å²) >= 11 is 0. The van der Waals surface area contributed by atoms with E-state index in [0.29, 0.717) is 26.2 Å². The molecule has 0 spiro atoms. The summed E-state index contributed by atoms with van der Waals surface area (Å²) in [5.41, 5.74) is 1.06. The molecule has 6 nitrogen and oxygen atoms in total. The molecule has 2 aliphatic rings. The van der Waals surface area contributed by atoms with E-state index in [1.165, 1.54) is 17.4 Å². The second kappa shape index (κ2) is 7.54. The number of rotatable bonds is 4. The normalized spacial score (nSPS) is 25.6. The number of hydrogen-bond acceptors (Lipinski definition) is 4. The van der Waals surface area contributed by atoms with Crippen LogP contribution in [0.3, 0.4) is 0 Å². The van der Waals surface area contributed by atoms with Gasteiger partial charge in [0, 0.05) is 45.1 Å². The molecule has 0 radical (unpaired) electrons. The highest BCUT2D eigenvalue weighted by Gasteiger charge is 2.39. The third-order valence-corrected chi connectivity index (χ3v) is 5.42. The van der Waals surface area contributed by atoms with Gasteiger partial charge >= 0.3 is 0 Å². The summed E-state index contributed by atoms with van der Waals surface area (Å²) in [6.07, 6.45) is 1.36. The molecule has 2 N–H and O–H groups in total. The van der Waals surface area contributed by atoms with Gasteiger partial charge in [0.2, 0.25) is 11.8 Å². The van der Waals surface area contributed by atoms with E-state index in [-0.39, 0.29) is 23.8 Å². The molecule has 0 unspecified atom stereocenters. The van der Waals surface area contributed by atoms with Crippen molar-refractivity contribution >= 4 is 11.8 Å². The Hall–Kier alpha value is -1.92. The van der Waals surface area contributed by atoms with Gasteiger partial charge in [-0.1, -0.05) is 30.3 Å². The van der Waals surface area contributed by atoms with Crippen molar-refractivity contribution in [1.29, 1.82) is 0 Å². The van der Waals surface area contributed by atoms with Gasteiger partial charge < -0.3 is 20.1 Å². The van der Waals surface area contributed by atoms with Gasteiger partial charge in [0.25, 0.3) is 0 Å². The van der Waals surface area contributed by atoms with Crippen LogP contribution in [0.15, 0.2) is 30.3 Å². The first-order valence-corrected chi connectivity index (χ1v) is 8.88. The number of benzene rings is 1. The van der Waals surface area contributed by atoms with Crippen LogP contribution in [-0.2, 0) is 19.7 Å². The van der Waals surface area contributed by atoms with Crippen molar-refractivity contribution in [2.24, 2.45) is 0 Å². The van der Waals surface area contributed by atoms with Crippen molar-refractivity contribution in [2.45, 2.75) is 43.7 Å². The number of β-amino-alcohol motifs (C(OH)–C–C–N with tert-alkyl or cyclic N) is 1. The third kappa shape index (κ3) is 3.85. The Labute approximate surface area is 148 Å². The molecule has 2 saturated heterocycles. The van der Waals surface area contributed by atoms with E-state index in [2.05, 4.69) is 17.4 Å². The molecule has 2 aliphatic heterocycles. The lowest BCUT2D eigenvalue weighted by atomic mass is 9.74. The highest BCUT2D eigenvalue weighted by molar-refractivity contribution is 5.87. The van der Waals surface area contributed by atoms with Crippen LogP contribution in [0.1, 0.15) is 31.7 Å². The topological polar surface area (TPSA) is 78.9 Å². The van der Waals surface area contributed by atoms with Gasteiger partial charge in [0.1, 0.15) is 6.04 Å². The Morgan fingerprint density at radius 3 is 2.60 bits per heavy atom. The van der Waals surface area contributed by atoms with E-state index in [1.54, 1.807) is 0 Å². The fourth-order valence-corrected chi connectivity index (χ4v) is 3.91. The quantitative estimate of drug-likeness (QED) is 0.847. The van der Waals surface area contributed by atoms with E-state index >= 15 is 0 Å². The number of hydrogen-bond donors (Lipinski definition) is 2. The number of aliphatic hydroxyl groups is 1. The first-order chi connectivity index (χ1) is 12.0. The molecule has 1 aromatic carbocycles. The van der Waals surface area contributed by atoms with E-state index in [0.717, 1.165) is 12.8 Å². The van der Waals surface area contributed by atoms with Crippen LogP contribution in [-0.4, -0.2) is 60.3 Å². The molecule has 3 rings (SSSR count). The molecule has 6 heteroatoms. The standard InChI is InChI=1S/C19H26N2O4/c1-14(22)21-12-16(23)11-17(21)18(24)20-13-19(7-9-25-10-8-19)15-5-3-2-4-6-15/h2-6,16-17,23H,7-13H2,1H3,(H,20,24)/t16-,17-/m1/s1. The highest BCUT2D eigenvalue weighted by Crippen LogP contribution is 2.34. The summed E-state index contributed by atoms with van der Waals surface area (Å²) in [4.78, 5) is 25.8. The van der Waals surface area contributed by atoms with Crippen LogP contribution in [0.5, 0.6) is 0 Å². The summed E-state index contributed by atoms with van der Waals surface area (Å²) in [5, 5.41) is 12.9. The molecule has 136 valence electrons. The van der Waals surface area contributed by atoms with E-state index in [4.69, 9.17) is 4.74 Å². The maximum atomic E-state index is 12.7. The molecule has 1 aromatic rings. The predicted molar refractivity (Wildman–Crippen MR) is 93.0 cm³/mol. The Kier molecular flexibility index (Phi) is 5.39. The van der Waals surface area contributed by atoms with Gasteiger partial charge in [-0.15, -0.1) is 0 Å². The van der Waals surface area contributed by atoms with Crippen molar-refractivity contribution in [3.8, 4) is 0 Å². The first kappa shape index (κ1) is 17.9. The molecular formula is C19H26N2O4. The zero-order valence-corrected chi connectivity index (χ0v) is 14.6. The van der Waals surface area contributed by atoms with Crippen LogP contribution in [0.25, 0.3) is 0 Å². The number of carbonyl (C=O) groups excluding carboxylic acids is 2. The summed E-state index contributed by atoms with van der Waals surface area (Å²) in [7, 11) is 0. The summed E-state index contributed by atoms with van der Waals surface area (Å²) in [6.45, 7) is 3.52. The van der Waals surface area contributed by atoms with Gasteiger partial charge in [-0.2, -0.15) is 0 Å². The zero-order valence-electron chi connectivity index (χ0n) is 14.6. The molecule has 25 heavy (non-hydrogen) atoms. The smallest absolute Gasteiger partial charge is 0.242 e. The molecule has 2 atom stereocenters. The maximum Gasteiger partial charge on any atom is 0.242 e. The monoisotopic (exact) mass is 346 g/mol. The molecule has 0 aromatic heterocycles. The fourth-order valence-electron chi connectivity index (χ4n) is 3.91. The van der Waals surface area contributed by atoms with Gasteiger partial charge in [0.05, 0.1) is 6.10 Å². The van der Waals surface area contributed by atoms with Crippen molar-refractivity contribution in [1.82, 2.24) is 10.2 Å². The van der Waals surface area contributed by atoms with Gasteiger partial charge in [-0.25, -0.2) is 0 Å². The number of ether oxygens (including phenoxy) is 1. The second-order valence-corrected chi connectivity index (χ2v) is 7.05. The highest BCUT2D eigenvalue weighted by atomic mass is 16.5. The van der Waals surface area contributed by atoms with Crippen molar-refractivity contribution < 1.29 is 19.4 Å². The largest absolute Gasteiger partial charge is 0.391 e. The molecule has 2 amide bonds. The second-order valence-electron chi connectivity index (χ2n) is 7.05. The molecular weight excluding hydrogens is 320 g/mol. The summed E-state index contributed by atoms with van der Waals surface area (Å²) in [5.74, 6) is -0.367. The number of amides is 2. The zero-order chi connectivity index (χ0) is 17.9. The van der Waals surface area contributed by atoms with Crippen molar-refractivity contribution in [2.75, 3.05) is 26.3 Å². The number of carbonyl (C=O) groups is 2.